The van der Waals surface area contributed by atoms with E-state index in [1.165, 1.54) is 0 Å². The Morgan fingerprint density at radius 3 is 2.59 bits per heavy atom. The second-order valence-corrected chi connectivity index (χ2v) is 5.66. The molecular formula is C15H19Cl2NO4. The van der Waals surface area contributed by atoms with Gasteiger partial charge in [-0.05, 0) is 32.0 Å². The van der Waals surface area contributed by atoms with Crippen molar-refractivity contribution in [2.75, 3.05) is 13.2 Å². The van der Waals surface area contributed by atoms with E-state index in [0.29, 0.717) is 15.8 Å². The van der Waals surface area contributed by atoms with E-state index in [9.17, 15) is 9.59 Å². The molecule has 0 aliphatic rings. The zero-order chi connectivity index (χ0) is 16.5. The van der Waals surface area contributed by atoms with E-state index in [4.69, 9.17) is 32.7 Å². The fourth-order valence-electron chi connectivity index (χ4n) is 1.56. The first-order chi connectivity index (χ1) is 10.4. The van der Waals surface area contributed by atoms with Crippen LogP contribution in [0.15, 0.2) is 18.2 Å². The van der Waals surface area contributed by atoms with Crippen molar-refractivity contribution in [3.63, 3.8) is 0 Å². The van der Waals surface area contributed by atoms with Crippen LogP contribution in [-0.2, 0) is 14.3 Å². The molecule has 0 atom stereocenters. The number of rotatable bonds is 8. The van der Waals surface area contributed by atoms with Gasteiger partial charge in [0.2, 0.25) is 5.91 Å². The molecule has 1 aromatic carbocycles. The standard InChI is InChI=1S/C15H19Cl2NO4/c1-10(2)22-15(20)5-7-18-14(19)6-8-21-13-4-3-11(16)9-12(13)17/h3-4,9-10H,5-8H2,1-2H3,(H,18,19). The first-order valence-corrected chi connectivity index (χ1v) is 7.68. The molecule has 0 fully saturated rings. The Bertz CT molecular complexity index is 520. The van der Waals surface area contributed by atoms with Crippen LogP contribution in [0.25, 0.3) is 0 Å². The van der Waals surface area contributed by atoms with Gasteiger partial charge in [0.05, 0.1) is 30.6 Å². The van der Waals surface area contributed by atoms with Crippen LogP contribution in [-0.4, -0.2) is 31.1 Å². The van der Waals surface area contributed by atoms with Gasteiger partial charge in [0, 0.05) is 11.6 Å². The Morgan fingerprint density at radius 1 is 1.23 bits per heavy atom. The highest BCUT2D eigenvalue weighted by atomic mass is 35.5. The summed E-state index contributed by atoms with van der Waals surface area (Å²) in [5, 5.41) is 3.53. The van der Waals surface area contributed by atoms with Gasteiger partial charge in [-0.15, -0.1) is 0 Å². The molecule has 0 spiro atoms. The van der Waals surface area contributed by atoms with E-state index in [1.807, 2.05) is 0 Å². The third kappa shape index (κ3) is 7.52. The molecule has 1 amide bonds. The smallest absolute Gasteiger partial charge is 0.307 e. The number of carbonyl (C=O) groups is 2. The van der Waals surface area contributed by atoms with Crippen molar-refractivity contribution in [2.45, 2.75) is 32.8 Å². The molecule has 0 heterocycles. The van der Waals surface area contributed by atoms with Crippen molar-refractivity contribution in [3.8, 4) is 5.75 Å². The highest BCUT2D eigenvalue weighted by Crippen LogP contribution is 2.27. The van der Waals surface area contributed by atoms with E-state index in [-0.39, 0.29) is 44.0 Å². The zero-order valence-corrected chi connectivity index (χ0v) is 14.0. The average molecular weight is 348 g/mol. The topological polar surface area (TPSA) is 64.6 Å². The lowest BCUT2D eigenvalue weighted by molar-refractivity contribution is -0.147. The number of nitrogens with one attached hydrogen (secondary N) is 1. The molecule has 0 radical (unpaired) electrons. The molecule has 1 N–H and O–H groups in total. The second-order valence-electron chi connectivity index (χ2n) is 4.81. The molecule has 22 heavy (non-hydrogen) atoms. The normalized spacial score (nSPS) is 10.4. The van der Waals surface area contributed by atoms with Crippen LogP contribution in [0.3, 0.4) is 0 Å². The molecule has 0 aliphatic heterocycles. The predicted octanol–water partition coefficient (Wildman–Crippen LogP) is 3.22. The fourth-order valence-corrected chi connectivity index (χ4v) is 2.02. The van der Waals surface area contributed by atoms with Crippen LogP contribution in [0.2, 0.25) is 10.0 Å². The van der Waals surface area contributed by atoms with Gasteiger partial charge in [0.15, 0.2) is 0 Å². The Kier molecular flexibility index (Phi) is 8.06. The summed E-state index contributed by atoms with van der Waals surface area (Å²) in [7, 11) is 0. The SMILES string of the molecule is CC(C)OC(=O)CCNC(=O)CCOc1ccc(Cl)cc1Cl. The number of benzene rings is 1. The van der Waals surface area contributed by atoms with E-state index in [1.54, 1.807) is 32.0 Å². The Morgan fingerprint density at radius 2 is 1.95 bits per heavy atom. The van der Waals surface area contributed by atoms with Crippen molar-refractivity contribution >= 4 is 35.1 Å². The quantitative estimate of drug-likeness (QED) is 0.733. The molecule has 1 rings (SSSR count). The lowest BCUT2D eigenvalue weighted by atomic mass is 10.3. The molecular weight excluding hydrogens is 329 g/mol. The largest absolute Gasteiger partial charge is 0.491 e. The molecule has 5 nitrogen and oxygen atoms in total. The summed E-state index contributed by atoms with van der Waals surface area (Å²) in [4.78, 5) is 22.9. The molecule has 0 saturated heterocycles. The van der Waals surface area contributed by atoms with Crippen LogP contribution in [0.4, 0.5) is 0 Å². The van der Waals surface area contributed by atoms with Gasteiger partial charge in [-0.25, -0.2) is 0 Å². The molecule has 0 unspecified atom stereocenters. The van der Waals surface area contributed by atoms with Crippen LogP contribution in [0.1, 0.15) is 26.7 Å². The van der Waals surface area contributed by atoms with Gasteiger partial charge < -0.3 is 14.8 Å². The van der Waals surface area contributed by atoms with E-state index >= 15 is 0 Å². The molecule has 0 bridgehead atoms. The predicted molar refractivity (Wildman–Crippen MR) is 85.4 cm³/mol. The highest BCUT2D eigenvalue weighted by molar-refractivity contribution is 6.35. The minimum absolute atomic E-state index is 0.147. The number of amides is 1. The Hall–Kier alpha value is -1.46. The number of halogens is 2. The zero-order valence-electron chi connectivity index (χ0n) is 12.5. The van der Waals surface area contributed by atoms with Crippen LogP contribution >= 0.6 is 23.2 Å². The van der Waals surface area contributed by atoms with Gasteiger partial charge in [0.1, 0.15) is 5.75 Å². The van der Waals surface area contributed by atoms with Crippen LogP contribution in [0.5, 0.6) is 5.75 Å². The number of hydrogen-bond donors (Lipinski definition) is 1. The number of esters is 1. The second kappa shape index (κ2) is 9.54. The summed E-state index contributed by atoms with van der Waals surface area (Å²) in [6, 6.07) is 4.87. The highest BCUT2D eigenvalue weighted by Gasteiger charge is 2.08. The molecule has 122 valence electrons. The first-order valence-electron chi connectivity index (χ1n) is 6.92. The van der Waals surface area contributed by atoms with Crippen molar-refractivity contribution in [1.29, 1.82) is 0 Å². The Balaban J connectivity index is 2.19. The third-order valence-corrected chi connectivity index (χ3v) is 3.03. The average Bonchev–Trinajstić information content (AvgIpc) is 2.40. The maximum atomic E-state index is 11.6. The summed E-state index contributed by atoms with van der Waals surface area (Å²) < 4.78 is 10.4. The number of carbonyl (C=O) groups excluding carboxylic acids is 2. The third-order valence-electron chi connectivity index (χ3n) is 2.50. The van der Waals surface area contributed by atoms with Gasteiger partial charge in [-0.1, -0.05) is 23.2 Å². The lowest BCUT2D eigenvalue weighted by Gasteiger charge is -2.10. The van der Waals surface area contributed by atoms with Crippen molar-refractivity contribution < 1.29 is 19.1 Å². The van der Waals surface area contributed by atoms with Gasteiger partial charge in [0.25, 0.3) is 0 Å². The van der Waals surface area contributed by atoms with Gasteiger partial charge in [-0.2, -0.15) is 0 Å². The maximum absolute atomic E-state index is 11.6. The number of ether oxygens (including phenoxy) is 2. The molecule has 7 heteroatoms. The minimum Gasteiger partial charge on any atom is -0.491 e. The molecule has 0 aliphatic carbocycles. The summed E-state index contributed by atoms with van der Waals surface area (Å²) in [5.41, 5.74) is 0. The molecule has 1 aromatic rings. The number of hydrogen-bond acceptors (Lipinski definition) is 4. The lowest BCUT2D eigenvalue weighted by Crippen LogP contribution is -2.28. The van der Waals surface area contributed by atoms with E-state index in [0.717, 1.165) is 0 Å². The summed E-state index contributed by atoms with van der Waals surface area (Å²) >= 11 is 11.7. The van der Waals surface area contributed by atoms with Crippen LogP contribution < -0.4 is 10.1 Å². The Labute approximate surface area is 139 Å². The monoisotopic (exact) mass is 347 g/mol. The fraction of sp³-hybridized carbons (Fsp3) is 0.467. The van der Waals surface area contributed by atoms with Crippen molar-refractivity contribution in [1.82, 2.24) is 5.32 Å². The van der Waals surface area contributed by atoms with Gasteiger partial charge >= 0.3 is 5.97 Å². The van der Waals surface area contributed by atoms with Gasteiger partial charge in [-0.3, -0.25) is 9.59 Å². The summed E-state index contributed by atoms with van der Waals surface area (Å²) in [6.07, 6.45) is 0.159. The maximum Gasteiger partial charge on any atom is 0.307 e. The molecule has 0 aromatic heterocycles. The van der Waals surface area contributed by atoms with Crippen molar-refractivity contribution in [3.05, 3.63) is 28.2 Å². The van der Waals surface area contributed by atoms with Crippen LogP contribution in [0, 0.1) is 0 Å². The summed E-state index contributed by atoms with van der Waals surface area (Å²) in [6.45, 7) is 3.97. The first kappa shape index (κ1) is 18.6. The molecule has 0 saturated carbocycles. The van der Waals surface area contributed by atoms with Crippen molar-refractivity contribution in [2.24, 2.45) is 0 Å². The van der Waals surface area contributed by atoms with E-state index in [2.05, 4.69) is 5.32 Å². The minimum atomic E-state index is -0.334. The summed E-state index contributed by atoms with van der Waals surface area (Å²) in [5.74, 6) is -0.0682. The van der Waals surface area contributed by atoms with E-state index < -0.39 is 0 Å².